The van der Waals surface area contributed by atoms with E-state index in [4.69, 9.17) is 20.6 Å². The Bertz CT molecular complexity index is 949. The van der Waals surface area contributed by atoms with Gasteiger partial charge in [0.1, 0.15) is 12.4 Å². The van der Waals surface area contributed by atoms with Gasteiger partial charge in [0.25, 0.3) is 0 Å². The Hall–Kier alpha value is -3.21. The Morgan fingerprint density at radius 2 is 2.03 bits per heavy atom. The molecule has 1 aromatic heterocycles. The first-order chi connectivity index (χ1) is 15.4. The maximum absolute atomic E-state index is 12.7. The number of hydrogen-bond donors (Lipinski definition) is 6. The molecule has 0 radical (unpaired) electrons. The Labute approximate surface area is 186 Å². The van der Waals surface area contributed by atoms with Crippen molar-refractivity contribution in [2.24, 2.45) is 0 Å². The number of hydrogen-bond acceptors (Lipinski definition) is 8. The van der Waals surface area contributed by atoms with E-state index in [9.17, 15) is 15.0 Å². The summed E-state index contributed by atoms with van der Waals surface area (Å²) in [5.41, 5.74) is 6.21. The summed E-state index contributed by atoms with van der Waals surface area (Å²) >= 11 is 0. The number of carbonyl (C=O) groups excluding carboxylic acids is 1. The highest BCUT2D eigenvalue weighted by Crippen LogP contribution is 2.42. The largest absolute Gasteiger partial charge is 0.475 e. The summed E-state index contributed by atoms with van der Waals surface area (Å²) in [6.45, 7) is -0.0656. The number of aromatic nitrogens is 1. The zero-order chi connectivity index (χ0) is 23.1. The predicted octanol–water partition coefficient (Wildman–Crippen LogP) is 1.92. The predicted molar refractivity (Wildman–Crippen MR) is 119 cm³/mol. The van der Waals surface area contributed by atoms with Gasteiger partial charge in [-0.05, 0) is 24.8 Å². The van der Waals surface area contributed by atoms with Crippen molar-refractivity contribution in [1.82, 2.24) is 10.3 Å². The number of aliphatic hydroxyl groups is 2. The minimum absolute atomic E-state index is 0.0972. The number of ether oxygens (including phenoxy) is 2. The topological polar surface area (TPSA) is 163 Å². The van der Waals surface area contributed by atoms with Crippen molar-refractivity contribution in [2.75, 3.05) is 31.4 Å². The van der Waals surface area contributed by atoms with Crippen LogP contribution in [0.2, 0.25) is 0 Å². The van der Waals surface area contributed by atoms with Crippen molar-refractivity contribution >= 4 is 23.4 Å². The molecule has 0 unspecified atom stereocenters. The lowest BCUT2D eigenvalue weighted by Gasteiger charge is -2.43. The number of nitrogen functional groups attached to an aromatic ring is 1. The average molecular weight is 444 g/mol. The van der Waals surface area contributed by atoms with Crippen molar-refractivity contribution in [2.45, 2.75) is 37.5 Å². The van der Waals surface area contributed by atoms with Gasteiger partial charge in [-0.25, -0.2) is 9.78 Å². The normalized spacial score (nSPS) is 15.3. The van der Waals surface area contributed by atoms with Gasteiger partial charge in [-0.15, -0.1) is 0 Å². The lowest BCUT2D eigenvalue weighted by molar-refractivity contribution is -0.0627. The Balaban J connectivity index is 1.75. The number of nitrogens with one attached hydrogen (secondary N) is 3. The van der Waals surface area contributed by atoms with E-state index in [0.717, 1.165) is 12.0 Å². The monoisotopic (exact) mass is 443 g/mol. The van der Waals surface area contributed by atoms with E-state index in [2.05, 4.69) is 15.6 Å². The number of methoxy groups -OCH3 is 1. The summed E-state index contributed by atoms with van der Waals surface area (Å²) in [5, 5.41) is 34.1. The van der Waals surface area contributed by atoms with Crippen LogP contribution in [-0.4, -0.2) is 53.1 Å². The van der Waals surface area contributed by atoms with Gasteiger partial charge in [0.2, 0.25) is 5.90 Å². The number of carbonyl (C=O) groups is 1. The second-order valence-electron chi connectivity index (χ2n) is 7.65. The summed E-state index contributed by atoms with van der Waals surface area (Å²) in [7, 11) is 1.51. The van der Waals surface area contributed by atoms with E-state index in [1.165, 1.54) is 13.2 Å². The molecule has 1 fully saturated rings. The molecule has 1 saturated carbocycles. The Kier molecular flexibility index (Phi) is 7.62. The van der Waals surface area contributed by atoms with Gasteiger partial charge in [-0.2, -0.15) is 0 Å². The molecule has 1 heterocycles. The summed E-state index contributed by atoms with van der Waals surface area (Å²) < 4.78 is 10.2. The summed E-state index contributed by atoms with van der Waals surface area (Å²) in [5.74, 6) is -0.145. The molecule has 172 valence electrons. The van der Waals surface area contributed by atoms with Crippen LogP contribution in [0.15, 0.2) is 36.4 Å². The van der Waals surface area contributed by atoms with Crippen LogP contribution in [0.3, 0.4) is 0 Å². The highest BCUT2D eigenvalue weighted by molar-refractivity contribution is 5.99. The lowest BCUT2D eigenvalue weighted by Crippen LogP contribution is -2.51. The van der Waals surface area contributed by atoms with Crippen molar-refractivity contribution in [3.8, 4) is 0 Å². The zero-order valence-corrected chi connectivity index (χ0v) is 17.9. The van der Waals surface area contributed by atoms with Crippen molar-refractivity contribution in [3.05, 3.63) is 53.2 Å². The van der Waals surface area contributed by atoms with Crippen molar-refractivity contribution in [1.29, 1.82) is 5.41 Å². The van der Waals surface area contributed by atoms with Gasteiger partial charge in [-0.1, -0.05) is 30.3 Å². The summed E-state index contributed by atoms with van der Waals surface area (Å²) in [6.07, 6.45) is 2.07. The van der Waals surface area contributed by atoms with E-state index in [1.807, 2.05) is 30.3 Å². The molecule has 1 aliphatic carbocycles. The van der Waals surface area contributed by atoms with Crippen LogP contribution in [0.4, 0.5) is 16.3 Å². The van der Waals surface area contributed by atoms with E-state index in [1.54, 1.807) is 0 Å². The van der Waals surface area contributed by atoms with E-state index in [0.29, 0.717) is 19.4 Å². The summed E-state index contributed by atoms with van der Waals surface area (Å²) in [6, 6.07) is 9.49. The molecule has 32 heavy (non-hydrogen) atoms. The first-order valence-electron chi connectivity index (χ1n) is 10.3. The number of urea groups is 1. The second kappa shape index (κ2) is 10.4. The highest BCUT2D eigenvalue weighted by Gasteiger charge is 2.43. The quantitative estimate of drug-likeness (QED) is 0.196. The van der Waals surface area contributed by atoms with Crippen molar-refractivity contribution in [3.63, 3.8) is 0 Å². The molecular formula is C22H29N5O5. The van der Waals surface area contributed by atoms with Crippen LogP contribution >= 0.6 is 0 Å². The van der Waals surface area contributed by atoms with E-state index in [-0.39, 0.29) is 35.3 Å². The maximum atomic E-state index is 12.7. The first kappa shape index (κ1) is 23.5. The Morgan fingerprint density at radius 3 is 2.62 bits per heavy atom. The lowest BCUT2D eigenvalue weighted by atomic mass is 9.72. The molecule has 1 atom stereocenters. The SMILES string of the molecule is COCCOC(=N)c1c(N)cc(NC(=O)N[C@@H](c2ccccc2)C2(O)CCC2)nc1CO. The van der Waals surface area contributed by atoms with E-state index < -0.39 is 24.3 Å². The molecule has 0 aliphatic heterocycles. The van der Waals surface area contributed by atoms with Crippen LogP contribution in [0.25, 0.3) is 0 Å². The molecule has 3 rings (SSSR count). The minimum atomic E-state index is -1.01. The zero-order valence-electron chi connectivity index (χ0n) is 17.9. The molecule has 7 N–H and O–H groups in total. The third kappa shape index (κ3) is 5.34. The van der Waals surface area contributed by atoms with Gasteiger partial charge >= 0.3 is 6.03 Å². The number of rotatable bonds is 9. The molecule has 10 heteroatoms. The molecule has 2 amide bonds. The average Bonchev–Trinajstić information content (AvgIpc) is 2.76. The standard InChI is InChI=1S/C22H29N5O5/c1-31-10-11-32-20(24)18-15(23)12-17(25-16(18)13-28)26-21(29)27-19(22(30)8-5-9-22)14-6-3-2-4-7-14/h2-4,6-7,12,19,24,28,30H,5,8-11,13H2,1H3,(H4,23,25,26,27,29)/t19-/m0/s1. The number of benzene rings is 1. The van der Waals surface area contributed by atoms with E-state index >= 15 is 0 Å². The fraction of sp³-hybridized carbons (Fsp3) is 0.409. The fourth-order valence-electron chi connectivity index (χ4n) is 3.64. The molecule has 1 aromatic carbocycles. The van der Waals surface area contributed by atoms with Crippen LogP contribution in [0.5, 0.6) is 0 Å². The minimum Gasteiger partial charge on any atom is -0.475 e. The number of nitrogens with zero attached hydrogens (tertiary/aromatic N) is 1. The second-order valence-corrected chi connectivity index (χ2v) is 7.65. The molecule has 1 aliphatic rings. The number of anilines is 2. The molecule has 0 spiro atoms. The molecular weight excluding hydrogens is 414 g/mol. The molecule has 0 saturated heterocycles. The fourth-order valence-corrected chi connectivity index (χ4v) is 3.64. The van der Waals surface area contributed by atoms with Gasteiger partial charge in [0, 0.05) is 18.9 Å². The van der Waals surface area contributed by atoms with Gasteiger partial charge in [0.15, 0.2) is 0 Å². The number of aliphatic hydroxyl groups excluding tert-OH is 1. The van der Waals surface area contributed by atoms with Crippen LogP contribution in [-0.2, 0) is 16.1 Å². The smallest absolute Gasteiger partial charge is 0.320 e. The van der Waals surface area contributed by atoms with Crippen LogP contribution in [0.1, 0.15) is 42.1 Å². The van der Waals surface area contributed by atoms with Gasteiger partial charge < -0.3 is 30.7 Å². The van der Waals surface area contributed by atoms with Crippen LogP contribution < -0.4 is 16.4 Å². The molecule has 0 bridgehead atoms. The Morgan fingerprint density at radius 1 is 1.31 bits per heavy atom. The van der Waals surface area contributed by atoms with Gasteiger partial charge in [-0.3, -0.25) is 10.7 Å². The number of amides is 2. The third-order valence-corrected chi connectivity index (χ3v) is 5.44. The van der Waals surface area contributed by atoms with Crippen LogP contribution in [0, 0.1) is 5.41 Å². The van der Waals surface area contributed by atoms with Crippen molar-refractivity contribution < 1.29 is 24.5 Å². The highest BCUT2D eigenvalue weighted by atomic mass is 16.5. The molecule has 10 nitrogen and oxygen atoms in total. The third-order valence-electron chi connectivity index (χ3n) is 5.44. The first-order valence-corrected chi connectivity index (χ1v) is 10.3. The number of pyridine rings is 1. The molecule has 2 aromatic rings. The summed E-state index contributed by atoms with van der Waals surface area (Å²) in [4.78, 5) is 16.9. The number of nitrogens with two attached hydrogens (primary N) is 1. The maximum Gasteiger partial charge on any atom is 0.320 e. The van der Waals surface area contributed by atoms with Gasteiger partial charge in [0.05, 0.1) is 36.1 Å².